The molecule has 2 aromatic rings. The SMILES string of the molecule is CCOc1cccnc1NC(=O)/C=C/c1ccc([N+](=O)[O-])s1. The number of hydrogen-bond acceptors (Lipinski definition) is 6. The monoisotopic (exact) mass is 319 g/mol. The first-order valence-electron chi connectivity index (χ1n) is 6.41. The average Bonchev–Trinajstić information content (AvgIpc) is 2.97. The van der Waals surface area contributed by atoms with Gasteiger partial charge in [0.2, 0.25) is 5.91 Å². The van der Waals surface area contributed by atoms with Gasteiger partial charge in [0, 0.05) is 23.2 Å². The minimum atomic E-state index is -0.468. The van der Waals surface area contributed by atoms with Gasteiger partial charge < -0.3 is 10.1 Å². The van der Waals surface area contributed by atoms with Gasteiger partial charge in [-0.1, -0.05) is 11.3 Å². The third-order valence-corrected chi connectivity index (χ3v) is 3.51. The van der Waals surface area contributed by atoms with E-state index in [1.54, 1.807) is 24.4 Å². The van der Waals surface area contributed by atoms with E-state index in [9.17, 15) is 14.9 Å². The number of carbonyl (C=O) groups is 1. The van der Waals surface area contributed by atoms with Crippen LogP contribution in [0.1, 0.15) is 11.8 Å². The second-order valence-electron chi connectivity index (χ2n) is 4.04. The summed E-state index contributed by atoms with van der Waals surface area (Å²) in [5.41, 5.74) is 0. The Bertz CT molecular complexity index is 712. The van der Waals surface area contributed by atoms with Crippen LogP contribution in [0.3, 0.4) is 0 Å². The van der Waals surface area contributed by atoms with Crippen molar-refractivity contribution in [3.8, 4) is 5.75 Å². The first-order valence-corrected chi connectivity index (χ1v) is 7.23. The average molecular weight is 319 g/mol. The molecule has 1 amide bonds. The molecule has 0 spiro atoms. The molecule has 0 aliphatic carbocycles. The van der Waals surface area contributed by atoms with Gasteiger partial charge in [0.1, 0.15) is 0 Å². The Kier molecular flexibility index (Phi) is 5.21. The van der Waals surface area contributed by atoms with E-state index in [4.69, 9.17) is 4.74 Å². The van der Waals surface area contributed by atoms with Crippen LogP contribution >= 0.6 is 11.3 Å². The van der Waals surface area contributed by atoms with Crippen molar-refractivity contribution in [3.05, 3.63) is 51.5 Å². The van der Waals surface area contributed by atoms with Crippen LogP contribution in [0, 0.1) is 10.1 Å². The number of amides is 1. The van der Waals surface area contributed by atoms with E-state index in [1.807, 2.05) is 6.92 Å². The van der Waals surface area contributed by atoms with Crippen LogP contribution in [0.4, 0.5) is 10.8 Å². The highest BCUT2D eigenvalue weighted by molar-refractivity contribution is 7.16. The van der Waals surface area contributed by atoms with Crippen molar-refractivity contribution in [2.24, 2.45) is 0 Å². The maximum absolute atomic E-state index is 11.9. The number of aromatic nitrogens is 1. The number of ether oxygens (including phenoxy) is 1. The zero-order chi connectivity index (χ0) is 15.9. The Morgan fingerprint density at radius 3 is 3.00 bits per heavy atom. The van der Waals surface area contributed by atoms with Crippen LogP contribution in [-0.4, -0.2) is 22.4 Å². The molecule has 0 bridgehead atoms. The Morgan fingerprint density at radius 2 is 2.32 bits per heavy atom. The van der Waals surface area contributed by atoms with Gasteiger partial charge in [0.25, 0.3) is 0 Å². The first-order chi connectivity index (χ1) is 10.6. The Hall–Kier alpha value is -2.74. The summed E-state index contributed by atoms with van der Waals surface area (Å²) in [7, 11) is 0. The number of hydrogen-bond donors (Lipinski definition) is 1. The molecular weight excluding hydrogens is 306 g/mol. The number of thiophene rings is 1. The minimum Gasteiger partial charge on any atom is -0.490 e. The summed E-state index contributed by atoms with van der Waals surface area (Å²) in [5.74, 6) is 0.422. The fourth-order valence-corrected chi connectivity index (χ4v) is 2.33. The number of nitrogens with zero attached hydrogens (tertiary/aromatic N) is 2. The zero-order valence-corrected chi connectivity index (χ0v) is 12.5. The van der Waals surface area contributed by atoms with Crippen LogP contribution in [-0.2, 0) is 4.79 Å². The molecule has 0 fully saturated rings. The number of rotatable bonds is 6. The fourth-order valence-electron chi connectivity index (χ4n) is 1.60. The Morgan fingerprint density at radius 1 is 1.50 bits per heavy atom. The number of carbonyl (C=O) groups excluding carboxylic acids is 1. The standard InChI is InChI=1S/C14H13N3O4S/c1-2-21-11-4-3-9-15-14(11)16-12(18)7-5-10-6-8-13(22-10)17(19)20/h3-9H,2H2,1H3,(H,15,16,18)/b7-5+. The molecule has 0 saturated heterocycles. The number of pyridine rings is 1. The minimum absolute atomic E-state index is 0.0309. The molecule has 0 aromatic carbocycles. The van der Waals surface area contributed by atoms with Crippen molar-refractivity contribution in [2.75, 3.05) is 11.9 Å². The van der Waals surface area contributed by atoms with Gasteiger partial charge in [-0.2, -0.15) is 0 Å². The van der Waals surface area contributed by atoms with E-state index in [1.165, 1.54) is 18.2 Å². The summed E-state index contributed by atoms with van der Waals surface area (Å²) in [6, 6.07) is 6.40. The van der Waals surface area contributed by atoms with Crippen molar-refractivity contribution in [1.82, 2.24) is 4.98 Å². The summed E-state index contributed by atoms with van der Waals surface area (Å²) in [6.07, 6.45) is 4.35. The molecule has 0 saturated carbocycles. The van der Waals surface area contributed by atoms with E-state index >= 15 is 0 Å². The largest absolute Gasteiger partial charge is 0.490 e. The molecule has 0 aliphatic rings. The van der Waals surface area contributed by atoms with Gasteiger partial charge in [-0.3, -0.25) is 14.9 Å². The van der Waals surface area contributed by atoms with Crippen molar-refractivity contribution >= 4 is 34.1 Å². The third-order valence-electron chi connectivity index (χ3n) is 2.50. The van der Waals surface area contributed by atoms with Gasteiger partial charge in [-0.05, 0) is 31.2 Å². The van der Waals surface area contributed by atoms with Crippen LogP contribution in [0.5, 0.6) is 5.75 Å². The molecule has 7 nitrogen and oxygen atoms in total. The zero-order valence-electron chi connectivity index (χ0n) is 11.7. The smallest absolute Gasteiger partial charge is 0.324 e. The molecule has 0 aliphatic heterocycles. The lowest BCUT2D eigenvalue weighted by molar-refractivity contribution is -0.380. The predicted molar refractivity (Wildman–Crippen MR) is 84.0 cm³/mol. The Balaban J connectivity index is 2.03. The second-order valence-corrected chi connectivity index (χ2v) is 5.13. The third kappa shape index (κ3) is 4.13. The molecule has 1 N–H and O–H groups in total. The van der Waals surface area contributed by atoms with E-state index < -0.39 is 10.8 Å². The maximum Gasteiger partial charge on any atom is 0.324 e. The molecule has 8 heteroatoms. The molecule has 22 heavy (non-hydrogen) atoms. The number of nitro groups is 1. The van der Waals surface area contributed by atoms with Gasteiger partial charge in [-0.25, -0.2) is 4.98 Å². The highest BCUT2D eigenvalue weighted by Crippen LogP contribution is 2.25. The number of anilines is 1. The molecule has 0 radical (unpaired) electrons. The summed E-state index contributed by atoms with van der Waals surface area (Å²) >= 11 is 0.994. The summed E-state index contributed by atoms with van der Waals surface area (Å²) in [4.78, 5) is 26.6. The maximum atomic E-state index is 11.9. The lowest BCUT2D eigenvalue weighted by Crippen LogP contribution is -2.10. The molecular formula is C14H13N3O4S. The van der Waals surface area contributed by atoms with Gasteiger partial charge in [-0.15, -0.1) is 0 Å². The summed E-state index contributed by atoms with van der Waals surface area (Å²) in [5, 5.41) is 13.2. The van der Waals surface area contributed by atoms with E-state index in [2.05, 4.69) is 10.3 Å². The van der Waals surface area contributed by atoms with Crippen molar-refractivity contribution in [2.45, 2.75) is 6.92 Å². The van der Waals surface area contributed by atoms with Crippen LogP contribution in [0.2, 0.25) is 0 Å². The highest BCUT2D eigenvalue weighted by atomic mass is 32.1. The molecule has 2 heterocycles. The van der Waals surface area contributed by atoms with Crippen molar-refractivity contribution in [1.29, 1.82) is 0 Å². The molecule has 0 unspecified atom stereocenters. The summed E-state index contributed by atoms with van der Waals surface area (Å²) in [6.45, 7) is 2.30. The van der Waals surface area contributed by atoms with E-state index in [0.29, 0.717) is 23.1 Å². The van der Waals surface area contributed by atoms with Crippen molar-refractivity contribution < 1.29 is 14.5 Å². The molecule has 114 valence electrons. The van der Waals surface area contributed by atoms with Crippen LogP contribution in [0.15, 0.2) is 36.5 Å². The first kappa shape index (κ1) is 15.6. The van der Waals surface area contributed by atoms with E-state index in [0.717, 1.165) is 11.3 Å². The predicted octanol–water partition coefficient (Wildman–Crippen LogP) is 3.10. The van der Waals surface area contributed by atoms with Gasteiger partial charge >= 0.3 is 5.00 Å². The van der Waals surface area contributed by atoms with Crippen molar-refractivity contribution in [3.63, 3.8) is 0 Å². The molecule has 0 atom stereocenters. The lowest BCUT2D eigenvalue weighted by atomic mass is 10.3. The number of nitrogens with one attached hydrogen (secondary N) is 1. The lowest BCUT2D eigenvalue weighted by Gasteiger charge is -2.08. The topological polar surface area (TPSA) is 94.4 Å². The van der Waals surface area contributed by atoms with Gasteiger partial charge in [0.05, 0.1) is 11.5 Å². The second kappa shape index (κ2) is 7.32. The van der Waals surface area contributed by atoms with Gasteiger partial charge in [0.15, 0.2) is 11.6 Å². The molecule has 2 aromatic heterocycles. The Labute approximate surface area is 130 Å². The normalized spacial score (nSPS) is 10.6. The van der Waals surface area contributed by atoms with E-state index in [-0.39, 0.29) is 5.00 Å². The summed E-state index contributed by atoms with van der Waals surface area (Å²) < 4.78 is 5.36. The molecule has 2 rings (SSSR count). The van der Waals surface area contributed by atoms with Crippen LogP contribution < -0.4 is 10.1 Å². The quantitative estimate of drug-likeness (QED) is 0.501. The fraction of sp³-hybridized carbons (Fsp3) is 0.143. The van der Waals surface area contributed by atoms with Crippen LogP contribution in [0.25, 0.3) is 6.08 Å². The highest BCUT2D eigenvalue weighted by Gasteiger charge is 2.09.